The molecule has 1 amide bonds. The van der Waals surface area contributed by atoms with E-state index in [4.69, 9.17) is 0 Å². The molecule has 0 radical (unpaired) electrons. The van der Waals surface area contributed by atoms with Crippen molar-refractivity contribution in [1.29, 1.82) is 0 Å². The number of amides is 1. The molecule has 0 saturated carbocycles. The number of hydrogen-bond donors (Lipinski definition) is 3. The molecule has 21 heavy (non-hydrogen) atoms. The Morgan fingerprint density at radius 1 is 1.38 bits per heavy atom. The van der Waals surface area contributed by atoms with Crippen LogP contribution in [-0.2, 0) is 0 Å². The average molecular weight is 292 g/mol. The summed E-state index contributed by atoms with van der Waals surface area (Å²) in [5, 5.41) is 20.2. The fraction of sp³-hybridized carbons (Fsp3) is 0.500. The van der Waals surface area contributed by atoms with Crippen molar-refractivity contribution in [3.63, 3.8) is 0 Å². The highest BCUT2D eigenvalue weighted by atomic mass is 16.6. The van der Waals surface area contributed by atoms with Crippen molar-refractivity contribution in [2.75, 3.05) is 25.5 Å². The first-order chi connectivity index (χ1) is 9.95. The third-order valence-electron chi connectivity index (χ3n) is 3.83. The van der Waals surface area contributed by atoms with Crippen molar-refractivity contribution >= 4 is 17.3 Å². The largest absolute Gasteiger partial charge is 0.374 e. The topological polar surface area (TPSA) is 96.3 Å². The lowest BCUT2D eigenvalue weighted by Gasteiger charge is -2.35. The smallest absolute Gasteiger partial charge is 0.292 e. The maximum Gasteiger partial charge on any atom is 0.292 e. The SMILES string of the molecule is CNC(=O)c1ccc([N+](=O)[O-])c(NC2(C)CCNCC2)c1. The van der Waals surface area contributed by atoms with Crippen LogP contribution in [0, 0.1) is 10.1 Å². The summed E-state index contributed by atoms with van der Waals surface area (Å²) in [6, 6.07) is 4.38. The molecule has 2 rings (SSSR count). The molecule has 7 heteroatoms. The first-order valence-corrected chi connectivity index (χ1v) is 6.95. The standard InChI is InChI=1S/C14H20N4O3/c1-14(5-7-16-8-6-14)17-11-9-10(13(19)15-2)3-4-12(11)18(20)21/h3-4,9,16-17H,5-8H2,1-2H3,(H,15,19). The van der Waals surface area contributed by atoms with Crippen LogP contribution in [-0.4, -0.2) is 36.5 Å². The van der Waals surface area contributed by atoms with Gasteiger partial charge in [0.25, 0.3) is 11.6 Å². The highest BCUT2D eigenvalue weighted by Crippen LogP contribution is 2.31. The van der Waals surface area contributed by atoms with Crippen LogP contribution in [0.5, 0.6) is 0 Å². The van der Waals surface area contributed by atoms with Crippen LogP contribution in [0.4, 0.5) is 11.4 Å². The first-order valence-electron chi connectivity index (χ1n) is 6.95. The monoisotopic (exact) mass is 292 g/mol. The molecule has 1 heterocycles. The van der Waals surface area contributed by atoms with Gasteiger partial charge in [0.15, 0.2) is 0 Å². The van der Waals surface area contributed by atoms with Gasteiger partial charge in [-0.2, -0.15) is 0 Å². The van der Waals surface area contributed by atoms with Crippen LogP contribution in [0.1, 0.15) is 30.1 Å². The summed E-state index contributed by atoms with van der Waals surface area (Å²) in [5.74, 6) is -0.261. The number of anilines is 1. The van der Waals surface area contributed by atoms with Gasteiger partial charge >= 0.3 is 0 Å². The van der Waals surface area contributed by atoms with Gasteiger partial charge in [0, 0.05) is 24.2 Å². The lowest BCUT2D eigenvalue weighted by atomic mass is 9.90. The number of rotatable bonds is 4. The van der Waals surface area contributed by atoms with Crippen LogP contribution >= 0.6 is 0 Å². The van der Waals surface area contributed by atoms with Gasteiger partial charge in [-0.15, -0.1) is 0 Å². The van der Waals surface area contributed by atoms with Gasteiger partial charge in [0.1, 0.15) is 5.69 Å². The van der Waals surface area contributed by atoms with E-state index in [1.54, 1.807) is 6.07 Å². The lowest BCUT2D eigenvalue weighted by molar-refractivity contribution is -0.384. The van der Waals surface area contributed by atoms with Crippen LogP contribution in [0.3, 0.4) is 0 Å². The normalized spacial score (nSPS) is 17.0. The Balaban J connectivity index is 2.34. The summed E-state index contributed by atoms with van der Waals surface area (Å²) in [4.78, 5) is 22.4. The molecule has 0 unspecified atom stereocenters. The first kappa shape index (κ1) is 15.2. The molecule has 1 fully saturated rings. The van der Waals surface area contributed by atoms with Crippen LogP contribution in [0.2, 0.25) is 0 Å². The minimum Gasteiger partial charge on any atom is -0.374 e. The molecule has 1 aliphatic rings. The number of hydrogen-bond acceptors (Lipinski definition) is 5. The van der Waals surface area contributed by atoms with Crippen molar-refractivity contribution in [3.8, 4) is 0 Å². The van der Waals surface area contributed by atoms with E-state index in [2.05, 4.69) is 16.0 Å². The summed E-state index contributed by atoms with van der Waals surface area (Å²) >= 11 is 0. The number of nitro groups is 1. The summed E-state index contributed by atoms with van der Waals surface area (Å²) in [5.41, 5.74) is 0.577. The Morgan fingerprint density at radius 2 is 2.05 bits per heavy atom. The fourth-order valence-electron chi connectivity index (χ4n) is 2.51. The molecule has 1 aliphatic heterocycles. The Labute approximate surface area is 123 Å². The molecule has 1 saturated heterocycles. The minimum absolute atomic E-state index is 0.0117. The van der Waals surface area contributed by atoms with Crippen LogP contribution in [0.15, 0.2) is 18.2 Å². The number of nitrogens with one attached hydrogen (secondary N) is 3. The summed E-state index contributed by atoms with van der Waals surface area (Å²) in [6.07, 6.45) is 1.74. The maximum atomic E-state index is 11.7. The van der Waals surface area contributed by atoms with Gasteiger partial charge in [0.2, 0.25) is 0 Å². The number of carbonyl (C=O) groups excluding carboxylic acids is 1. The van der Waals surface area contributed by atoms with E-state index in [0.29, 0.717) is 11.3 Å². The zero-order chi connectivity index (χ0) is 15.5. The second kappa shape index (κ2) is 6.09. The van der Waals surface area contributed by atoms with Gasteiger partial charge in [-0.05, 0) is 45.0 Å². The number of piperidine rings is 1. The molecule has 0 aromatic heterocycles. The molecular formula is C14H20N4O3. The maximum absolute atomic E-state index is 11.7. The van der Waals surface area contributed by atoms with Crippen LogP contribution in [0.25, 0.3) is 0 Å². The van der Waals surface area contributed by atoms with E-state index < -0.39 is 4.92 Å². The Kier molecular flexibility index (Phi) is 4.42. The molecular weight excluding hydrogens is 272 g/mol. The van der Waals surface area contributed by atoms with Crippen LogP contribution < -0.4 is 16.0 Å². The lowest BCUT2D eigenvalue weighted by Crippen LogP contribution is -2.45. The molecule has 3 N–H and O–H groups in total. The Morgan fingerprint density at radius 3 is 2.62 bits per heavy atom. The number of benzene rings is 1. The van der Waals surface area contributed by atoms with E-state index in [0.717, 1.165) is 25.9 Å². The third-order valence-corrected chi connectivity index (χ3v) is 3.83. The van der Waals surface area contributed by atoms with E-state index >= 15 is 0 Å². The highest BCUT2D eigenvalue weighted by Gasteiger charge is 2.29. The second-order valence-electron chi connectivity index (χ2n) is 5.50. The molecule has 0 aliphatic carbocycles. The van der Waals surface area contributed by atoms with E-state index in [-0.39, 0.29) is 17.1 Å². The zero-order valence-electron chi connectivity index (χ0n) is 12.2. The van der Waals surface area contributed by atoms with Gasteiger partial charge in [-0.3, -0.25) is 14.9 Å². The summed E-state index contributed by atoms with van der Waals surface area (Å²) < 4.78 is 0. The molecule has 0 bridgehead atoms. The molecule has 7 nitrogen and oxygen atoms in total. The van der Waals surface area contributed by atoms with Gasteiger partial charge in [0.05, 0.1) is 4.92 Å². The van der Waals surface area contributed by atoms with Crippen molar-refractivity contribution in [2.24, 2.45) is 0 Å². The predicted octanol–water partition coefficient (Wildman–Crippen LogP) is 1.51. The summed E-state index contributed by atoms with van der Waals surface area (Å²) in [7, 11) is 1.53. The molecule has 0 spiro atoms. The molecule has 1 aromatic carbocycles. The fourth-order valence-corrected chi connectivity index (χ4v) is 2.51. The molecule has 1 aromatic rings. The molecule has 0 atom stereocenters. The highest BCUT2D eigenvalue weighted by molar-refractivity contribution is 5.95. The van der Waals surface area contributed by atoms with E-state index in [1.807, 2.05) is 6.92 Å². The quantitative estimate of drug-likeness (QED) is 0.577. The Bertz CT molecular complexity index is 553. The van der Waals surface area contributed by atoms with Crippen molar-refractivity contribution < 1.29 is 9.72 Å². The summed E-state index contributed by atoms with van der Waals surface area (Å²) in [6.45, 7) is 3.78. The number of nitro benzene ring substituents is 1. The van der Waals surface area contributed by atoms with Crippen molar-refractivity contribution in [1.82, 2.24) is 10.6 Å². The predicted molar refractivity (Wildman–Crippen MR) is 80.6 cm³/mol. The van der Waals surface area contributed by atoms with Gasteiger partial charge < -0.3 is 16.0 Å². The van der Waals surface area contributed by atoms with Crippen molar-refractivity contribution in [2.45, 2.75) is 25.3 Å². The Hall–Kier alpha value is -2.15. The number of carbonyl (C=O) groups is 1. The molecule has 114 valence electrons. The van der Waals surface area contributed by atoms with Gasteiger partial charge in [-0.25, -0.2) is 0 Å². The average Bonchev–Trinajstić information content (AvgIpc) is 2.46. The van der Waals surface area contributed by atoms with E-state index in [1.165, 1.54) is 19.2 Å². The van der Waals surface area contributed by atoms with Crippen molar-refractivity contribution in [3.05, 3.63) is 33.9 Å². The zero-order valence-corrected chi connectivity index (χ0v) is 12.2. The minimum atomic E-state index is -0.430. The van der Waals surface area contributed by atoms with E-state index in [9.17, 15) is 14.9 Å². The number of nitrogens with zero attached hydrogens (tertiary/aromatic N) is 1. The van der Waals surface area contributed by atoms with Gasteiger partial charge in [-0.1, -0.05) is 0 Å². The second-order valence-corrected chi connectivity index (χ2v) is 5.50. The third kappa shape index (κ3) is 3.49.